The number of nitrogens with one attached hydrogen (secondary N) is 1. The molecule has 0 aliphatic heterocycles. The number of rotatable bonds is 9. The Kier molecular flexibility index (Phi) is 8.13. The van der Waals surface area contributed by atoms with Crippen molar-refractivity contribution in [1.82, 2.24) is 20.0 Å². The summed E-state index contributed by atoms with van der Waals surface area (Å²) in [6.45, 7) is 4.99. The zero-order valence-corrected chi connectivity index (χ0v) is 21.5. The number of amides is 2. The molecule has 7 heteroatoms. The highest BCUT2D eigenvalue weighted by Gasteiger charge is 2.14. The summed E-state index contributed by atoms with van der Waals surface area (Å²) in [5.74, 6) is -0.208. The summed E-state index contributed by atoms with van der Waals surface area (Å²) in [5.41, 5.74) is 4.47. The molecule has 2 heterocycles. The smallest absolute Gasteiger partial charge is 0.253 e. The van der Waals surface area contributed by atoms with Gasteiger partial charge in [-0.3, -0.25) is 14.3 Å². The maximum atomic E-state index is 12.5. The highest BCUT2D eigenvalue weighted by molar-refractivity contribution is 7.13. The number of carbonyl (C=O) groups is 2. The van der Waals surface area contributed by atoms with Crippen LogP contribution in [0.3, 0.4) is 0 Å². The van der Waals surface area contributed by atoms with Crippen LogP contribution >= 0.6 is 11.3 Å². The van der Waals surface area contributed by atoms with Crippen LogP contribution in [-0.2, 0) is 17.9 Å². The van der Waals surface area contributed by atoms with Crippen molar-refractivity contribution >= 4 is 29.2 Å². The van der Waals surface area contributed by atoms with Crippen molar-refractivity contribution in [3.05, 3.63) is 107 Å². The number of carbonyl (C=O) groups excluding carboxylic acids is 2. The molecule has 0 bridgehead atoms. The SMILES string of the molecule is CC(C)N(C)C(=O)c1ccc(CNC(=O)/C=C/c2cn(Cc3ccccc3)nc2-c2cccs2)cc1. The van der Waals surface area contributed by atoms with E-state index in [4.69, 9.17) is 5.10 Å². The van der Waals surface area contributed by atoms with E-state index in [0.717, 1.165) is 27.3 Å². The molecule has 1 N–H and O–H groups in total. The molecule has 4 aromatic rings. The summed E-state index contributed by atoms with van der Waals surface area (Å²) in [5, 5.41) is 9.71. The second kappa shape index (κ2) is 11.6. The predicted octanol–water partition coefficient (Wildman–Crippen LogP) is 5.47. The van der Waals surface area contributed by atoms with Gasteiger partial charge in [-0.2, -0.15) is 5.10 Å². The van der Waals surface area contributed by atoms with Gasteiger partial charge in [0.1, 0.15) is 5.69 Å². The Labute approximate surface area is 215 Å². The van der Waals surface area contributed by atoms with Crippen LogP contribution in [0.25, 0.3) is 16.6 Å². The minimum atomic E-state index is -0.192. The molecule has 0 aliphatic rings. The van der Waals surface area contributed by atoms with E-state index in [1.165, 1.54) is 6.08 Å². The van der Waals surface area contributed by atoms with E-state index in [2.05, 4.69) is 17.4 Å². The van der Waals surface area contributed by atoms with E-state index in [9.17, 15) is 9.59 Å². The van der Waals surface area contributed by atoms with Crippen molar-refractivity contribution in [3.63, 3.8) is 0 Å². The maximum absolute atomic E-state index is 12.5. The number of benzene rings is 2. The number of hydrogen-bond donors (Lipinski definition) is 1. The van der Waals surface area contributed by atoms with Crippen LogP contribution in [0, 0.1) is 0 Å². The highest BCUT2D eigenvalue weighted by atomic mass is 32.1. The van der Waals surface area contributed by atoms with Crippen molar-refractivity contribution < 1.29 is 9.59 Å². The van der Waals surface area contributed by atoms with Gasteiger partial charge < -0.3 is 10.2 Å². The standard InChI is InChI=1S/C29H30N4O2S/c1-21(2)32(3)29(35)24-13-11-22(12-14-24)18-30-27(34)16-15-25-20-33(19-23-8-5-4-6-9-23)31-28(25)26-10-7-17-36-26/h4-17,20-21H,18-19H2,1-3H3,(H,30,34)/b16-15+. The lowest BCUT2D eigenvalue weighted by Crippen LogP contribution is -2.32. The van der Waals surface area contributed by atoms with Crippen molar-refractivity contribution in [1.29, 1.82) is 0 Å². The monoisotopic (exact) mass is 498 g/mol. The third-order valence-electron chi connectivity index (χ3n) is 5.91. The van der Waals surface area contributed by atoms with Crippen LogP contribution in [0.15, 0.2) is 84.4 Å². The summed E-state index contributed by atoms with van der Waals surface area (Å²) in [7, 11) is 1.79. The molecule has 0 atom stereocenters. The van der Waals surface area contributed by atoms with E-state index >= 15 is 0 Å². The molecular formula is C29H30N4O2S. The first-order chi connectivity index (χ1) is 17.4. The van der Waals surface area contributed by atoms with Gasteiger partial charge in [0, 0.05) is 43.0 Å². The van der Waals surface area contributed by atoms with E-state index in [1.54, 1.807) is 35.4 Å². The second-order valence-electron chi connectivity index (χ2n) is 8.85. The van der Waals surface area contributed by atoms with Gasteiger partial charge in [0.15, 0.2) is 0 Å². The molecule has 184 valence electrons. The van der Waals surface area contributed by atoms with Crippen LogP contribution in [-0.4, -0.2) is 39.6 Å². The van der Waals surface area contributed by atoms with Crippen molar-refractivity contribution in [3.8, 4) is 10.6 Å². The Balaban J connectivity index is 1.40. The van der Waals surface area contributed by atoms with Gasteiger partial charge in [0.25, 0.3) is 5.91 Å². The largest absolute Gasteiger partial charge is 0.348 e. The molecule has 4 rings (SSSR count). The van der Waals surface area contributed by atoms with Crippen molar-refractivity contribution in [2.24, 2.45) is 0 Å². The first-order valence-corrected chi connectivity index (χ1v) is 12.8. The van der Waals surface area contributed by atoms with E-state index in [1.807, 2.05) is 78.6 Å². The molecule has 6 nitrogen and oxygen atoms in total. The fraction of sp³-hybridized carbons (Fsp3) is 0.207. The van der Waals surface area contributed by atoms with Gasteiger partial charge in [-0.1, -0.05) is 48.5 Å². The lowest BCUT2D eigenvalue weighted by molar-refractivity contribution is -0.116. The van der Waals surface area contributed by atoms with E-state index in [-0.39, 0.29) is 17.9 Å². The average Bonchev–Trinajstić information content (AvgIpc) is 3.56. The topological polar surface area (TPSA) is 67.2 Å². The van der Waals surface area contributed by atoms with Crippen LogP contribution in [0.2, 0.25) is 0 Å². The summed E-state index contributed by atoms with van der Waals surface area (Å²) in [6.07, 6.45) is 5.31. The fourth-order valence-corrected chi connectivity index (χ4v) is 4.36. The zero-order valence-electron chi connectivity index (χ0n) is 20.7. The second-order valence-corrected chi connectivity index (χ2v) is 9.80. The first kappa shape index (κ1) is 25.1. The molecule has 2 aromatic heterocycles. The van der Waals surface area contributed by atoms with Crippen LogP contribution < -0.4 is 5.32 Å². The number of aromatic nitrogens is 2. The number of thiophene rings is 1. The molecular weight excluding hydrogens is 468 g/mol. The summed E-state index contributed by atoms with van der Waals surface area (Å²) < 4.78 is 1.90. The van der Waals surface area contributed by atoms with Gasteiger partial charge in [-0.05, 0) is 54.6 Å². The Morgan fingerprint density at radius 3 is 2.44 bits per heavy atom. The van der Waals surface area contributed by atoms with E-state index in [0.29, 0.717) is 18.7 Å². The Bertz CT molecular complexity index is 1320. The molecule has 0 spiro atoms. The van der Waals surface area contributed by atoms with Gasteiger partial charge >= 0.3 is 0 Å². The molecule has 0 unspecified atom stereocenters. The van der Waals surface area contributed by atoms with Crippen LogP contribution in [0.1, 0.15) is 40.9 Å². The third kappa shape index (κ3) is 6.37. The summed E-state index contributed by atoms with van der Waals surface area (Å²) in [4.78, 5) is 27.7. The lowest BCUT2D eigenvalue weighted by atomic mass is 10.1. The van der Waals surface area contributed by atoms with Crippen LogP contribution in [0.5, 0.6) is 0 Å². The lowest BCUT2D eigenvalue weighted by Gasteiger charge is -2.21. The predicted molar refractivity (Wildman–Crippen MR) is 146 cm³/mol. The fourth-order valence-electron chi connectivity index (χ4n) is 3.63. The van der Waals surface area contributed by atoms with Crippen molar-refractivity contribution in [2.45, 2.75) is 33.0 Å². The van der Waals surface area contributed by atoms with Crippen LogP contribution in [0.4, 0.5) is 0 Å². The van der Waals surface area contributed by atoms with Gasteiger partial charge in [-0.15, -0.1) is 11.3 Å². The molecule has 2 amide bonds. The van der Waals surface area contributed by atoms with Gasteiger partial charge in [-0.25, -0.2) is 0 Å². The zero-order chi connectivity index (χ0) is 25.5. The molecule has 0 aliphatic carbocycles. The number of hydrogen-bond acceptors (Lipinski definition) is 4. The van der Waals surface area contributed by atoms with Crippen molar-refractivity contribution in [2.75, 3.05) is 7.05 Å². The van der Waals surface area contributed by atoms with Gasteiger partial charge in [0.05, 0.1) is 11.4 Å². The molecule has 2 aromatic carbocycles. The number of nitrogens with zero attached hydrogens (tertiary/aromatic N) is 3. The van der Waals surface area contributed by atoms with E-state index < -0.39 is 0 Å². The van der Waals surface area contributed by atoms with Gasteiger partial charge in [0.2, 0.25) is 5.91 Å². The summed E-state index contributed by atoms with van der Waals surface area (Å²) in [6, 6.07) is 21.7. The Morgan fingerprint density at radius 2 is 1.78 bits per heavy atom. The molecule has 0 fully saturated rings. The molecule has 0 radical (unpaired) electrons. The molecule has 0 saturated heterocycles. The molecule has 36 heavy (non-hydrogen) atoms. The average molecular weight is 499 g/mol. The highest BCUT2D eigenvalue weighted by Crippen LogP contribution is 2.27. The third-order valence-corrected chi connectivity index (χ3v) is 6.79. The Hall–Kier alpha value is -3.97. The quantitative estimate of drug-likeness (QED) is 0.311. The Morgan fingerprint density at radius 1 is 1.03 bits per heavy atom. The minimum absolute atomic E-state index is 0.0159. The molecule has 0 saturated carbocycles. The minimum Gasteiger partial charge on any atom is -0.348 e. The maximum Gasteiger partial charge on any atom is 0.253 e. The first-order valence-electron chi connectivity index (χ1n) is 11.9. The summed E-state index contributed by atoms with van der Waals surface area (Å²) >= 11 is 1.62. The normalized spacial score (nSPS) is 11.2.